The molecule has 24 heavy (non-hydrogen) atoms. The maximum Gasteiger partial charge on any atom is 0.147 e. The van der Waals surface area contributed by atoms with Gasteiger partial charge in [-0.3, -0.25) is 0 Å². The van der Waals surface area contributed by atoms with Crippen LogP contribution in [-0.2, 0) is 22.7 Å². The Kier molecular flexibility index (Phi) is 4.90. The fourth-order valence-electron chi connectivity index (χ4n) is 3.14. The van der Waals surface area contributed by atoms with Gasteiger partial charge < -0.3 is 4.74 Å². The third kappa shape index (κ3) is 4.15. The van der Waals surface area contributed by atoms with Crippen LogP contribution >= 0.6 is 0 Å². The lowest BCUT2D eigenvalue weighted by molar-refractivity contribution is 0.317. The summed E-state index contributed by atoms with van der Waals surface area (Å²) < 4.78 is 41.4. The van der Waals surface area contributed by atoms with Crippen LogP contribution in [0.2, 0.25) is 0 Å². The van der Waals surface area contributed by atoms with Crippen molar-refractivity contribution in [1.29, 1.82) is 0 Å². The number of hydrogen-bond donors (Lipinski definition) is 0. The number of hydrogen-bond acceptors (Lipinski definition) is 3. The van der Waals surface area contributed by atoms with Crippen LogP contribution in [0, 0.1) is 5.82 Å². The molecule has 0 aliphatic heterocycles. The van der Waals surface area contributed by atoms with Crippen LogP contribution in [0.1, 0.15) is 24.0 Å². The van der Waals surface area contributed by atoms with E-state index in [-0.39, 0.29) is 11.6 Å². The molecule has 1 aliphatic rings. The molecule has 0 spiro atoms. The molecule has 5 heteroatoms. The van der Waals surface area contributed by atoms with Crippen molar-refractivity contribution in [2.45, 2.75) is 25.7 Å². The van der Waals surface area contributed by atoms with Crippen molar-refractivity contribution in [3.05, 3.63) is 53.3 Å². The quantitative estimate of drug-likeness (QED) is 0.772. The molecule has 0 unspecified atom stereocenters. The van der Waals surface area contributed by atoms with Crippen molar-refractivity contribution in [2.75, 3.05) is 18.6 Å². The summed E-state index contributed by atoms with van der Waals surface area (Å²) in [5.41, 5.74) is 4.47. The predicted octanol–water partition coefficient (Wildman–Crippen LogP) is 3.79. The minimum atomic E-state index is -2.95. The summed E-state index contributed by atoms with van der Waals surface area (Å²) >= 11 is 0. The van der Waals surface area contributed by atoms with E-state index in [0.29, 0.717) is 13.0 Å². The Labute approximate surface area is 142 Å². The molecule has 1 aliphatic carbocycles. The van der Waals surface area contributed by atoms with Gasteiger partial charge in [0.15, 0.2) is 0 Å². The standard InChI is InChI=1S/C19H21FO3S/c1-24(21,22)11-3-10-23-17-7-9-19-15(13-17)5-2-4-14-12-16(20)6-8-18(14)19/h6-9,12-13H,2-5,10-11H2,1H3. The maximum absolute atomic E-state index is 13.5. The normalized spacial score (nSPS) is 13.8. The number of rotatable bonds is 5. The molecule has 2 aromatic rings. The highest BCUT2D eigenvalue weighted by atomic mass is 32.2. The number of fused-ring (bicyclic) bond motifs is 3. The van der Waals surface area contributed by atoms with Crippen molar-refractivity contribution < 1.29 is 17.5 Å². The summed E-state index contributed by atoms with van der Waals surface area (Å²) in [6, 6.07) is 10.9. The van der Waals surface area contributed by atoms with Gasteiger partial charge in [-0.15, -0.1) is 0 Å². The third-order valence-electron chi connectivity index (χ3n) is 4.25. The molecule has 0 saturated heterocycles. The van der Waals surface area contributed by atoms with Crippen LogP contribution in [0.25, 0.3) is 11.1 Å². The summed E-state index contributed by atoms with van der Waals surface area (Å²) in [6.07, 6.45) is 4.48. The lowest BCUT2D eigenvalue weighted by atomic mass is 9.96. The first kappa shape index (κ1) is 17.0. The number of aryl methyl sites for hydroxylation is 2. The maximum atomic E-state index is 13.5. The Bertz CT molecular complexity index is 844. The fraction of sp³-hybridized carbons (Fsp3) is 0.368. The molecule has 128 valence electrons. The van der Waals surface area contributed by atoms with Gasteiger partial charge in [-0.25, -0.2) is 12.8 Å². The monoisotopic (exact) mass is 348 g/mol. The molecule has 0 fully saturated rings. The predicted molar refractivity (Wildman–Crippen MR) is 93.7 cm³/mol. The Hall–Kier alpha value is -1.88. The molecule has 0 atom stereocenters. The van der Waals surface area contributed by atoms with E-state index in [4.69, 9.17) is 4.74 Å². The van der Waals surface area contributed by atoms with E-state index in [1.165, 1.54) is 17.9 Å². The summed E-state index contributed by atoms with van der Waals surface area (Å²) in [5, 5.41) is 0. The van der Waals surface area contributed by atoms with Crippen molar-refractivity contribution in [3.8, 4) is 16.9 Å². The van der Waals surface area contributed by atoms with E-state index in [2.05, 4.69) is 0 Å². The van der Waals surface area contributed by atoms with E-state index in [1.807, 2.05) is 24.3 Å². The SMILES string of the molecule is CS(=O)(=O)CCCOc1ccc2c(c1)CCCc1cc(F)ccc1-2. The summed E-state index contributed by atoms with van der Waals surface area (Å²) in [5.74, 6) is 0.701. The van der Waals surface area contributed by atoms with Crippen molar-refractivity contribution in [2.24, 2.45) is 0 Å². The highest BCUT2D eigenvalue weighted by molar-refractivity contribution is 7.90. The molecule has 0 amide bonds. The third-order valence-corrected chi connectivity index (χ3v) is 5.28. The Morgan fingerprint density at radius 3 is 2.42 bits per heavy atom. The number of halogens is 1. The number of ether oxygens (including phenoxy) is 1. The van der Waals surface area contributed by atoms with E-state index in [1.54, 1.807) is 6.07 Å². The van der Waals surface area contributed by atoms with Crippen LogP contribution in [0.15, 0.2) is 36.4 Å². The molecular weight excluding hydrogens is 327 g/mol. The number of sulfone groups is 1. The van der Waals surface area contributed by atoms with E-state index < -0.39 is 9.84 Å². The highest BCUT2D eigenvalue weighted by Crippen LogP contribution is 2.34. The van der Waals surface area contributed by atoms with Gasteiger partial charge in [-0.2, -0.15) is 0 Å². The van der Waals surface area contributed by atoms with Crippen molar-refractivity contribution in [1.82, 2.24) is 0 Å². The Morgan fingerprint density at radius 1 is 1.04 bits per heavy atom. The molecule has 0 saturated carbocycles. The molecule has 3 nitrogen and oxygen atoms in total. The zero-order chi connectivity index (χ0) is 17.2. The average Bonchev–Trinajstić information content (AvgIpc) is 2.69. The minimum Gasteiger partial charge on any atom is -0.494 e. The van der Waals surface area contributed by atoms with Gasteiger partial charge in [0.05, 0.1) is 12.4 Å². The summed E-state index contributed by atoms with van der Waals surface area (Å²) in [6.45, 7) is 0.383. The molecule has 2 aromatic carbocycles. The van der Waals surface area contributed by atoms with Gasteiger partial charge in [0.1, 0.15) is 21.4 Å². The van der Waals surface area contributed by atoms with Crippen LogP contribution in [0.3, 0.4) is 0 Å². The highest BCUT2D eigenvalue weighted by Gasteiger charge is 2.15. The zero-order valence-corrected chi connectivity index (χ0v) is 14.5. The molecular formula is C19H21FO3S. The van der Waals surface area contributed by atoms with E-state index in [9.17, 15) is 12.8 Å². The van der Waals surface area contributed by atoms with Crippen molar-refractivity contribution in [3.63, 3.8) is 0 Å². The average molecular weight is 348 g/mol. The van der Waals surface area contributed by atoms with Crippen molar-refractivity contribution >= 4 is 9.84 Å². The van der Waals surface area contributed by atoms with Crippen LogP contribution in [-0.4, -0.2) is 27.0 Å². The fourth-order valence-corrected chi connectivity index (χ4v) is 3.78. The first-order valence-corrected chi connectivity index (χ1v) is 10.2. The lowest BCUT2D eigenvalue weighted by Gasteiger charge is -2.12. The van der Waals surface area contributed by atoms with Gasteiger partial charge in [0, 0.05) is 6.26 Å². The van der Waals surface area contributed by atoms with Gasteiger partial charge in [0.25, 0.3) is 0 Å². The second kappa shape index (κ2) is 6.93. The van der Waals surface area contributed by atoms with Gasteiger partial charge in [-0.1, -0.05) is 12.1 Å². The molecule has 0 N–H and O–H groups in total. The van der Waals surface area contributed by atoms with E-state index >= 15 is 0 Å². The van der Waals surface area contributed by atoms with Crippen LogP contribution in [0.4, 0.5) is 4.39 Å². The van der Waals surface area contributed by atoms with Gasteiger partial charge in [-0.05, 0) is 72.2 Å². The van der Waals surface area contributed by atoms with Crippen LogP contribution in [0.5, 0.6) is 5.75 Å². The minimum absolute atomic E-state index is 0.136. The largest absolute Gasteiger partial charge is 0.494 e. The molecule has 0 radical (unpaired) electrons. The molecule has 0 heterocycles. The lowest BCUT2D eigenvalue weighted by Crippen LogP contribution is -2.08. The molecule has 3 rings (SSSR count). The first-order valence-electron chi connectivity index (χ1n) is 8.15. The van der Waals surface area contributed by atoms with Gasteiger partial charge in [0.2, 0.25) is 0 Å². The zero-order valence-electron chi connectivity index (χ0n) is 13.7. The smallest absolute Gasteiger partial charge is 0.147 e. The number of benzene rings is 2. The second-order valence-electron chi connectivity index (χ2n) is 6.31. The Morgan fingerprint density at radius 2 is 1.71 bits per heavy atom. The van der Waals surface area contributed by atoms with Crippen LogP contribution < -0.4 is 4.74 Å². The summed E-state index contributed by atoms with van der Waals surface area (Å²) in [4.78, 5) is 0. The first-order chi connectivity index (χ1) is 11.4. The topological polar surface area (TPSA) is 43.4 Å². The molecule has 0 aromatic heterocycles. The molecule has 0 bridgehead atoms. The van der Waals surface area contributed by atoms with Gasteiger partial charge >= 0.3 is 0 Å². The van der Waals surface area contributed by atoms with E-state index in [0.717, 1.165) is 41.7 Å². The summed E-state index contributed by atoms with van der Waals surface area (Å²) in [7, 11) is -2.95. The Balaban J connectivity index is 1.77. The second-order valence-corrected chi connectivity index (χ2v) is 8.57.